The lowest BCUT2D eigenvalue weighted by Crippen LogP contribution is -2.38. The van der Waals surface area contributed by atoms with Crippen molar-refractivity contribution in [3.63, 3.8) is 0 Å². The Labute approximate surface area is 117 Å². The molecule has 1 saturated carbocycles. The summed E-state index contributed by atoms with van der Waals surface area (Å²) in [4.78, 5) is 0. The average molecular weight is 257 g/mol. The van der Waals surface area contributed by atoms with Crippen LogP contribution in [0.1, 0.15) is 56.2 Å². The lowest BCUT2D eigenvalue weighted by Gasteiger charge is -2.25. The Morgan fingerprint density at radius 1 is 1.21 bits per heavy atom. The summed E-state index contributed by atoms with van der Waals surface area (Å²) in [6.07, 6.45) is 9.20. The number of fused-ring (bicyclic) bond motifs is 1. The van der Waals surface area contributed by atoms with Crippen molar-refractivity contribution in [1.29, 1.82) is 0 Å². The molecule has 0 saturated heterocycles. The zero-order chi connectivity index (χ0) is 13.3. The molecule has 2 aliphatic rings. The SMILES string of the molecule is CCCNC(Cc1ccc2c(c1)CCC2)C1(C)CC1. The van der Waals surface area contributed by atoms with Crippen LogP contribution in [0.4, 0.5) is 0 Å². The summed E-state index contributed by atoms with van der Waals surface area (Å²) in [6.45, 7) is 5.87. The first-order valence-electron chi connectivity index (χ1n) is 8.05. The Kier molecular flexibility index (Phi) is 3.66. The summed E-state index contributed by atoms with van der Waals surface area (Å²) in [6, 6.07) is 7.90. The summed E-state index contributed by atoms with van der Waals surface area (Å²) < 4.78 is 0. The van der Waals surface area contributed by atoms with E-state index in [1.807, 2.05) is 0 Å². The predicted octanol–water partition coefficient (Wildman–Crippen LogP) is 3.89. The molecule has 1 aromatic rings. The van der Waals surface area contributed by atoms with Gasteiger partial charge in [0.2, 0.25) is 0 Å². The van der Waals surface area contributed by atoms with Gasteiger partial charge in [-0.1, -0.05) is 32.0 Å². The van der Waals surface area contributed by atoms with E-state index in [1.54, 1.807) is 16.7 Å². The summed E-state index contributed by atoms with van der Waals surface area (Å²) in [5.74, 6) is 0. The van der Waals surface area contributed by atoms with Crippen molar-refractivity contribution in [2.24, 2.45) is 5.41 Å². The molecule has 0 radical (unpaired) electrons. The quantitative estimate of drug-likeness (QED) is 0.815. The van der Waals surface area contributed by atoms with Crippen LogP contribution in [0.2, 0.25) is 0 Å². The first kappa shape index (κ1) is 13.2. The minimum Gasteiger partial charge on any atom is -0.313 e. The van der Waals surface area contributed by atoms with Gasteiger partial charge < -0.3 is 5.32 Å². The van der Waals surface area contributed by atoms with Crippen LogP contribution in [0.15, 0.2) is 18.2 Å². The monoisotopic (exact) mass is 257 g/mol. The minimum absolute atomic E-state index is 0.564. The second kappa shape index (κ2) is 5.28. The molecule has 1 heteroatoms. The van der Waals surface area contributed by atoms with Gasteiger partial charge in [0.25, 0.3) is 0 Å². The van der Waals surface area contributed by atoms with Crippen molar-refractivity contribution in [2.75, 3.05) is 6.54 Å². The van der Waals surface area contributed by atoms with Crippen molar-refractivity contribution >= 4 is 0 Å². The second-order valence-electron chi connectivity index (χ2n) is 6.82. The molecule has 0 spiro atoms. The molecule has 1 fully saturated rings. The lowest BCUT2D eigenvalue weighted by molar-refractivity contribution is 0.354. The second-order valence-corrected chi connectivity index (χ2v) is 6.82. The van der Waals surface area contributed by atoms with Crippen LogP contribution in [0, 0.1) is 5.41 Å². The van der Waals surface area contributed by atoms with E-state index >= 15 is 0 Å². The molecule has 0 aromatic heterocycles. The van der Waals surface area contributed by atoms with Gasteiger partial charge in [-0.15, -0.1) is 0 Å². The zero-order valence-electron chi connectivity index (χ0n) is 12.5. The van der Waals surface area contributed by atoms with Gasteiger partial charge in [-0.3, -0.25) is 0 Å². The number of rotatable bonds is 6. The van der Waals surface area contributed by atoms with Crippen molar-refractivity contribution in [2.45, 2.75) is 64.8 Å². The highest BCUT2D eigenvalue weighted by Crippen LogP contribution is 2.49. The van der Waals surface area contributed by atoms with Crippen LogP contribution in [-0.4, -0.2) is 12.6 Å². The van der Waals surface area contributed by atoms with E-state index in [4.69, 9.17) is 0 Å². The Bertz CT molecular complexity index is 445. The number of aryl methyl sites for hydroxylation is 2. The summed E-state index contributed by atoms with van der Waals surface area (Å²) >= 11 is 0. The number of hydrogen-bond acceptors (Lipinski definition) is 1. The topological polar surface area (TPSA) is 12.0 Å². The van der Waals surface area contributed by atoms with E-state index in [1.165, 1.54) is 44.9 Å². The normalized spacial score (nSPS) is 21.2. The van der Waals surface area contributed by atoms with Crippen LogP contribution in [0.5, 0.6) is 0 Å². The molecule has 1 aromatic carbocycles. The Hall–Kier alpha value is -0.820. The van der Waals surface area contributed by atoms with Crippen LogP contribution >= 0.6 is 0 Å². The van der Waals surface area contributed by atoms with Gasteiger partial charge in [0.1, 0.15) is 0 Å². The third-order valence-electron chi connectivity index (χ3n) is 5.12. The van der Waals surface area contributed by atoms with Gasteiger partial charge in [0, 0.05) is 6.04 Å². The smallest absolute Gasteiger partial charge is 0.0161 e. The molecule has 2 aliphatic carbocycles. The molecular formula is C18H27N. The van der Waals surface area contributed by atoms with Crippen molar-refractivity contribution in [3.05, 3.63) is 34.9 Å². The fourth-order valence-corrected chi connectivity index (χ4v) is 3.42. The molecule has 1 nitrogen and oxygen atoms in total. The molecule has 0 heterocycles. The fraction of sp³-hybridized carbons (Fsp3) is 0.667. The molecule has 0 bridgehead atoms. The van der Waals surface area contributed by atoms with Crippen LogP contribution in [0.3, 0.4) is 0 Å². The minimum atomic E-state index is 0.564. The van der Waals surface area contributed by atoms with Gasteiger partial charge in [0.05, 0.1) is 0 Å². The van der Waals surface area contributed by atoms with Gasteiger partial charge in [-0.05, 0) is 73.6 Å². The molecule has 104 valence electrons. The molecular weight excluding hydrogens is 230 g/mol. The van der Waals surface area contributed by atoms with Crippen LogP contribution < -0.4 is 5.32 Å². The number of hydrogen-bond donors (Lipinski definition) is 1. The highest BCUT2D eigenvalue weighted by atomic mass is 14.9. The molecule has 1 unspecified atom stereocenters. The maximum absolute atomic E-state index is 3.79. The van der Waals surface area contributed by atoms with Crippen molar-refractivity contribution in [3.8, 4) is 0 Å². The number of nitrogens with one attached hydrogen (secondary N) is 1. The highest BCUT2D eigenvalue weighted by Gasteiger charge is 2.44. The van der Waals surface area contributed by atoms with Gasteiger partial charge in [-0.25, -0.2) is 0 Å². The van der Waals surface area contributed by atoms with E-state index in [-0.39, 0.29) is 0 Å². The van der Waals surface area contributed by atoms with E-state index in [2.05, 4.69) is 37.4 Å². The van der Waals surface area contributed by atoms with Gasteiger partial charge >= 0.3 is 0 Å². The zero-order valence-corrected chi connectivity index (χ0v) is 12.5. The highest BCUT2D eigenvalue weighted by molar-refractivity contribution is 5.35. The van der Waals surface area contributed by atoms with E-state index < -0.39 is 0 Å². The lowest BCUT2D eigenvalue weighted by atomic mass is 9.91. The Balaban J connectivity index is 1.71. The Morgan fingerprint density at radius 3 is 2.74 bits per heavy atom. The van der Waals surface area contributed by atoms with Gasteiger partial charge in [-0.2, -0.15) is 0 Å². The Morgan fingerprint density at radius 2 is 2.00 bits per heavy atom. The average Bonchev–Trinajstić information content (AvgIpc) is 3.00. The number of benzene rings is 1. The van der Waals surface area contributed by atoms with E-state index in [0.717, 1.165) is 6.54 Å². The molecule has 0 amide bonds. The third-order valence-corrected chi connectivity index (χ3v) is 5.12. The predicted molar refractivity (Wildman–Crippen MR) is 81.6 cm³/mol. The van der Waals surface area contributed by atoms with Gasteiger partial charge in [0.15, 0.2) is 0 Å². The summed E-state index contributed by atoms with van der Waals surface area (Å²) in [5, 5.41) is 3.79. The van der Waals surface area contributed by atoms with E-state index in [0.29, 0.717) is 11.5 Å². The van der Waals surface area contributed by atoms with Crippen molar-refractivity contribution < 1.29 is 0 Å². The fourth-order valence-electron chi connectivity index (χ4n) is 3.42. The van der Waals surface area contributed by atoms with Crippen LogP contribution in [-0.2, 0) is 19.3 Å². The molecule has 1 atom stereocenters. The molecule has 3 rings (SSSR count). The molecule has 1 N–H and O–H groups in total. The first-order valence-corrected chi connectivity index (χ1v) is 8.05. The largest absolute Gasteiger partial charge is 0.313 e. The van der Waals surface area contributed by atoms with E-state index in [9.17, 15) is 0 Å². The first-order chi connectivity index (χ1) is 9.21. The standard InChI is InChI=1S/C18H27N/c1-3-11-19-17(18(2)9-10-18)13-14-7-8-15-5-4-6-16(15)12-14/h7-8,12,17,19H,3-6,9-11,13H2,1-2H3. The van der Waals surface area contributed by atoms with Crippen molar-refractivity contribution in [1.82, 2.24) is 5.32 Å². The third kappa shape index (κ3) is 2.86. The molecule has 0 aliphatic heterocycles. The van der Waals surface area contributed by atoms with Crippen LogP contribution in [0.25, 0.3) is 0 Å². The maximum Gasteiger partial charge on any atom is 0.0161 e. The maximum atomic E-state index is 3.79. The summed E-state index contributed by atoms with van der Waals surface area (Å²) in [5.41, 5.74) is 5.32. The molecule has 19 heavy (non-hydrogen) atoms. The summed E-state index contributed by atoms with van der Waals surface area (Å²) in [7, 11) is 0.